The summed E-state index contributed by atoms with van der Waals surface area (Å²) in [4.78, 5) is 3.93. The van der Waals surface area contributed by atoms with Gasteiger partial charge in [0.1, 0.15) is 34.0 Å². The third-order valence-corrected chi connectivity index (χ3v) is 4.63. The minimum absolute atomic E-state index is 0.139. The van der Waals surface area contributed by atoms with Gasteiger partial charge in [0.15, 0.2) is 0 Å². The number of rotatable bonds is 3. The maximum atomic E-state index is 13.9. The summed E-state index contributed by atoms with van der Waals surface area (Å²) in [5, 5.41) is 20.8. The average molecular weight is 408 g/mol. The first-order chi connectivity index (χ1) is 13.2. The highest BCUT2D eigenvalue weighted by Crippen LogP contribution is 2.37. The summed E-state index contributed by atoms with van der Waals surface area (Å²) < 4.78 is 67.4. The summed E-state index contributed by atoms with van der Waals surface area (Å²) in [5.74, 6) is -2.69. The fraction of sp³-hybridized carbons (Fsp3) is 0.0526. The summed E-state index contributed by atoms with van der Waals surface area (Å²) in [6.45, 7) is 0. The van der Waals surface area contributed by atoms with Gasteiger partial charge in [0.05, 0.1) is 16.8 Å². The highest BCUT2D eigenvalue weighted by atomic mass is 32.1. The molecular weight excluding hydrogens is 399 g/mol. The molecule has 1 aromatic heterocycles. The fourth-order valence-corrected chi connectivity index (χ4v) is 3.32. The molecule has 0 fully saturated rings. The van der Waals surface area contributed by atoms with Crippen LogP contribution in [0.4, 0.5) is 22.0 Å². The first-order valence-electron chi connectivity index (χ1n) is 7.64. The van der Waals surface area contributed by atoms with Crippen molar-refractivity contribution in [3.05, 3.63) is 75.6 Å². The number of aliphatic hydroxyl groups is 1. The smallest absolute Gasteiger partial charge is 0.417 e. The number of aromatic nitrogens is 1. The van der Waals surface area contributed by atoms with Gasteiger partial charge in [-0.05, 0) is 18.2 Å². The highest BCUT2D eigenvalue weighted by molar-refractivity contribution is 7.11. The molecule has 0 aliphatic rings. The van der Waals surface area contributed by atoms with Crippen LogP contribution in [0.5, 0.6) is 0 Å². The van der Waals surface area contributed by atoms with Crippen LogP contribution in [0, 0.1) is 23.0 Å². The van der Waals surface area contributed by atoms with Gasteiger partial charge in [0.25, 0.3) is 0 Å². The second kappa shape index (κ2) is 7.40. The van der Waals surface area contributed by atoms with Crippen LogP contribution in [0.25, 0.3) is 22.6 Å². The van der Waals surface area contributed by atoms with Crippen molar-refractivity contribution < 1.29 is 27.1 Å². The molecule has 0 aliphatic heterocycles. The van der Waals surface area contributed by atoms with E-state index >= 15 is 0 Å². The molecule has 0 saturated carbocycles. The molecule has 2 aromatic carbocycles. The van der Waals surface area contributed by atoms with Crippen LogP contribution >= 0.6 is 11.3 Å². The molecule has 0 atom stereocenters. The van der Waals surface area contributed by atoms with Crippen LogP contribution < -0.4 is 0 Å². The lowest BCUT2D eigenvalue weighted by molar-refractivity contribution is -0.137. The number of aliphatic hydroxyl groups excluding tert-OH is 1. The lowest BCUT2D eigenvalue weighted by Gasteiger charge is -2.12. The Morgan fingerprint density at radius 1 is 1.04 bits per heavy atom. The van der Waals surface area contributed by atoms with Crippen LogP contribution in [0.15, 0.2) is 47.8 Å². The van der Waals surface area contributed by atoms with E-state index in [0.717, 1.165) is 41.7 Å². The summed E-state index contributed by atoms with van der Waals surface area (Å²) >= 11 is 0.765. The van der Waals surface area contributed by atoms with E-state index in [1.807, 2.05) is 0 Å². The predicted octanol–water partition coefficient (Wildman–Crippen LogP) is 6.06. The molecule has 1 N–H and O–H groups in total. The molecule has 0 amide bonds. The molecule has 0 unspecified atom stereocenters. The van der Waals surface area contributed by atoms with Gasteiger partial charge in [-0.3, -0.25) is 0 Å². The quantitative estimate of drug-likeness (QED) is 0.326. The van der Waals surface area contributed by atoms with E-state index in [9.17, 15) is 32.3 Å². The maximum absolute atomic E-state index is 13.9. The van der Waals surface area contributed by atoms with Gasteiger partial charge < -0.3 is 5.11 Å². The predicted molar refractivity (Wildman–Crippen MR) is 94.0 cm³/mol. The topological polar surface area (TPSA) is 56.9 Å². The summed E-state index contributed by atoms with van der Waals surface area (Å²) in [5.41, 5.74) is -2.83. The van der Waals surface area contributed by atoms with Gasteiger partial charge >= 0.3 is 6.18 Å². The number of halogens is 5. The molecule has 3 nitrogen and oxygen atoms in total. The van der Waals surface area contributed by atoms with Crippen molar-refractivity contribution in [1.29, 1.82) is 5.26 Å². The van der Waals surface area contributed by atoms with E-state index in [1.54, 1.807) is 6.07 Å². The molecule has 3 aromatic rings. The molecular formula is C19H9F5N2OS. The average Bonchev–Trinajstić information content (AvgIpc) is 3.10. The molecule has 9 heteroatoms. The Kier molecular flexibility index (Phi) is 5.16. The zero-order valence-electron chi connectivity index (χ0n) is 13.8. The Morgan fingerprint density at radius 2 is 1.68 bits per heavy atom. The second-order valence-corrected chi connectivity index (χ2v) is 6.37. The van der Waals surface area contributed by atoms with E-state index in [-0.39, 0.29) is 10.7 Å². The monoisotopic (exact) mass is 408 g/mol. The summed E-state index contributed by atoms with van der Waals surface area (Å²) in [6, 6.07) is 9.03. The zero-order chi connectivity index (χ0) is 20.5. The minimum atomic E-state index is -4.75. The molecule has 28 heavy (non-hydrogen) atoms. The molecule has 1 heterocycles. The largest absolute Gasteiger partial charge is 0.506 e. The highest BCUT2D eigenvalue weighted by Gasteiger charge is 2.34. The number of allylic oxidation sites excluding steroid dienone is 1. The molecule has 142 valence electrons. The van der Waals surface area contributed by atoms with Crippen molar-refractivity contribution in [2.45, 2.75) is 6.18 Å². The fourth-order valence-electron chi connectivity index (χ4n) is 2.52. The maximum Gasteiger partial charge on any atom is 0.417 e. The van der Waals surface area contributed by atoms with Gasteiger partial charge in [-0.15, -0.1) is 11.3 Å². The van der Waals surface area contributed by atoms with Gasteiger partial charge in [0, 0.05) is 10.9 Å². The number of benzene rings is 2. The number of nitrogens with zero attached hydrogens (tertiary/aromatic N) is 2. The number of alkyl halides is 3. The van der Waals surface area contributed by atoms with Crippen molar-refractivity contribution in [1.82, 2.24) is 4.98 Å². The van der Waals surface area contributed by atoms with Crippen molar-refractivity contribution in [3.63, 3.8) is 0 Å². The van der Waals surface area contributed by atoms with E-state index in [0.29, 0.717) is 0 Å². The summed E-state index contributed by atoms with van der Waals surface area (Å²) in [6.07, 6.45) is -4.75. The molecule has 0 radical (unpaired) electrons. The van der Waals surface area contributed by atoms with Gasteiger partial charge in [-0.1, -0.05) is 24.3 Å². The van der Waals surface area contributed by atoms with Crippen molar-refractivity contribution >= 4 is 22.7 Å². The second-order valence-electron chi connectivity index (χ2n) is 5.51. The molecule has 0 aliphatic carbocycles. The van der Waals surface area contributed by atoms with E-state index in [4.69, 9.17) is 0 Å². The number of nitriles is 1. The lowest BCUT2D eigenvalue weighted by Crippen LogP contribution is -2.09. The zero-order valence-corrected chi connectivity index (χ0v) is 14.6. The Labute approximate surface area is 159 Å². The van der Waals surface area contributed by atoms with Crippen LogP contribution in [0.3, 0.4) is 0 Å². The SMILES string of the molecule is N#C/C(=C(/O)c1ccccc1C(F)(F)F)c1nc(-c2c(F)cccc2F)cs1. The normalized spacial score (nSPS) is 12.4. The van der Waals surface area contributed by atoms with Crippen LogP contribution in [0.2, 0.25) is 0 Å². The van der Waals surface area contributed by atoms with E-state index in [2.05, 4.69) is 4.98 Å². The lowest BCUT2D eigenvalue weighted by atomic mass is 10.0. The third kappa shape index (κ3) is 3.59. The molecule has 0 bridgehead atoms. The number of hydrogen-bond acceptors (Lipinski definition) is 4. The minimum Gasteiger partial charge on any atom is -0.506 e. The van der Waals surface area contributed by atoms with Crippen molar-refractivity contribution in [3.8, 4) is 17.3 Å². The Bertz CT molecular complexity index is 1090. The van der Waals surface area contributed by atoms with Crippen molar-refractivity contribution in [2.24, 2.45) is 0 Å². The van der Waals surface area contributed by atoms with E-state index < -0.39 is 45.8 Å². The molecule has 0 spiro atoms. The van der Waals surface area contributed by atoms with Crippen molar-refractivity contribution in [2.75, 3.05) is 0 Å². The third-order valence-electron chi connectivity index (χ3n) is 3.77. The van der Waals surface area contributed by atoms with Crippen LogP contribution in [-0.2, 0) is 6.18 Å². The van der Waals surface area contributed by atoms with Gasteiger partial charge in [-0.2, -0.15) is 18.4 Å². The van der Waals surface area contributed by atoms with Crippen LogP contribution in [-0.4, -0.2) is 10.1 Å². The Hall–Kier alpha value is -3.25. The number of thiazole rings is 1. The number of hydrogen-bond donors (Lipinski definition) is 1. The molecule has 3 rings (SSSR count). The first-order valence-corrected chi connectivity index (χ1v) is 8.52. The first kappa shape index (κ1) is 19.5. The van der Waals surface area contributed by atoms with Gasteiger partial charge in [-0.25, -0.2) is 13.8 Å². The van der Waals surface area contributed by atoms with Gasteiger partial charge in [0.2, 0.25) is 0 Å². The standard InChI is InChI=1S/C19H9F5N2OS/c20-13-6-3-7-14(21)16(13)15-9-28-18(26-15)11(8-25)17(27)10-4-1-2-5-12(10)19(22,23)24/h1-7,9,27H/b17-11-. The Balaban J connectivity index is 2.14. The van der Waals surface area contributed by atoms with E-state index in [1.165, 1.54) is 17.5 Å². The molecule has 0 saturated heterocycles. The van der Waals surface area contributed by atoms with Crippen LogP contribution in [0.1, 0.15) is 16.1 Å². The Morgan fingerprint density at radius 3 is 2.29 bits per heavy atom. The summed E-state index contributed by atoms with van der Waals surface area (Å²) in [7, 11) is 0.